The Morgan fingerprint density at radius 3 is 2.31 bits per heavy atom. The molecule has 0 aromatic heterocycles. The van der Waals surface area contributed by atoms with Crippen molar-refractivity contribution in [2.24, 2.45) is 5.92 Å². The van der Waals surface area contributed by atoms with Crippen LogP contribution >= 0.6 is 0 Å². The van der Waals surface area contributed by atoms with Crippen molar-refractivity contribution in [1.82, 2.24) is 4.90 Å². The van der Waals surface area contributed by atoms with Gasteiger partial charge in [-0.3, -0.25) is 9.69 Å². The molecule has 92 valence electrons. The van der Waals surface area contributed by atoms with Crippen LogP contribution in [0.1, 0.15) is 58.3 Å². The largest absolute Gasteiger partial charge is 0.300 e. The highest BCUT2D eigenvalue weighted by Gasteiger charge is 2.27. The van der Waals surface area contributed by atoms with Crippen molar-refractivity contribution >= 4 is 5.78 Å². The molecule has 16 heavy (non-hydrogen) atoms. The molecular weight excluding hydrogens is 198 g/mol. The van der Waals surface area contributed by atoms with Crippen molar-refractivity contribution in [3.63, 3.8) is 0 Å². The normalized spacial score (nSPS) is 32.9. The Kier molecular flexibility index (Phi) is 4.39. The standard InChI is InChI=1S/C14H25NO/c1-2-3-12-4-6-13(7-5-12)15-10-8-14(16)9-11-15/h12-13H,2-11H2,1H3. The van der Waals surface area contributed by atoms with Crippen molar-refractivity contribution in [2.75, 3.05) is 13.1 Å². The molecule has 1 aliphatic carbocycles. The van der Waals surface area contributed by atoms with E-state index in [1.165, 1.54) is 38.5 Å². The summed E-state index contributed by atoms with van der Waals surface area (Å²) in [5.74, 6) is 1.46. The van der Waals surface area contributed by atoms with Crippen LogP contribution in [-0.4, -0.2) is 29.8 Å². The Hall–Kier alpha value is -0.370. The van der Waals surface area contributed by atoms with Gasteiger partial charge in [0, 0.05) is 32.0 Å². The fraction of sp³-hybridized carbons (Fsp3) is 0.929. The summed E-state index contributed by atoms with van der Waals surface area (Å²) in [4.78, 5) is 13.8. The van der Waals surface area contributed by atoms with Crippen molar-refractivity contribution in [1.29, 1.82) is 0 Å². The molecule has 2 rings (SSSR count). The number of Topliss-reactive ketones (excluding diaryl/α,β-unsaturated/α-hetero) is 1. The fourth-order valence-corrected chi connectivity index (χ4v) is 3.35. The lowest BCUT2D eigenvalue weighted by Crippen LogP contribution is -2.43. The molecule has 0 aromatic rings. The quantitative estimate of drug-likeness (QED) is 0.733. The van der Waals surface area contributed by atoms with Gasteiger partial charge in [-0.15, -0.1) is 0 Å². The number of hydrogen-bond acceptors (Lipinski definition) is 2. The molecule has 2 heteroatoms. The van der Waals surface area contributed by atoms with Gasteiger partial charge in [0.05, 0.1) is 0 Å². The molecule has 0 N–H and O–H groups in total. The first-order valence-corrected chi connectivity index (χ1v) is 7.05. The Morgan fingerprint density at radius 2 is 1.75 bits per heavy atom. The van der Waals surface area contributed by atoms with Gasteiger partial charge in [0.1, 0.15) is 5.78 Å². The third kappa shape index (κ3) is 3.07. The maximum Gasteiger partial charge on any atom is 0.135 e. The fourth-order valence-electron chi connectivity index (χ4n) is 3.35. The highest BCUT2D eigenvalue weighted by Crippen LogP contribution is 2.31. The maximum atomic E-state index is 11.2. The zero-order chi connectivity index (χ0) is 11.4. The van der Waals surface area contributed by atoms with Crippen molar-refractivity contribution in [2.45, 2.75) is 64.3 Å². The second-order valence-electron chi connectivity index (χ2n) is 5.54. The molecule has 1 aliphatic heterocycles. The Morgan fingerprint density at radius 1 is 1.12 bits per heavy atom. The van der Waals surface area contributed by atoms with E-state index in [-0.39, 0.29) is 0 Å². The Bertz CT molecular complexity index is 221. The number of ketones is 1. The van der Waals surface area contributed by atoms with E-state index < -0.39 is 0 Å². The molecule has 1 heterocycles. The summed E-state index contributed by atoms with van der Waals surface area (Å²) in [6.45, 7) is 4.35. The molecule has 0 aromatic carbocycles. The van der Waals surface area contributed by atoms with Crippen LogP contribution in [0.2, 0.25) is 0 Å². The van der Waals surface area contributed by atoms with Gasteiger partial charge in [-0.05, 0) is 31.6 Å². The number of piperidine rings is 1. The van der Waals surface area contributed by atoms with E-state index >= 15 is 0 Å². The maximum absolute atomic E-state index is 11.2. The van der Waals surface area contributed by atoms with Crippen LogP contribution < -0.4 is 0 Å². The smallest absolute Gasteiger partial charge is 0.135 e. The molecule has 2 fully saturated rings. The molecule has 2 nitrogen and oxygen atoms in total. The van der Waals surface area contributed by atoms with Gasteiger partial charge in [0.2, 0.25) is 0 Å². The van der Waals surface area contributed by atoms with E-state index in [0.717, 1.165) is 37.9 Å². The van der Waals surface area contributed by atoms with Crippen LogP contribution in [0.3, 0.4) is 0 Å². The molecule has 0 spiro atoms. The van der Waals surface area contributed by atoms with E-state index in [2.05, 4.69) is 11.8 Å². The van der Waals surface area contributed by atoms with Crippen LogP contribution in [0.15, 0.2) is 0 Å². The van der Waals surface area contributed by atoms with Crippen molar-refractivity contribution in [3.05, 3.63) is 0 Å². The highest BCUT2D eigenvalue weighted by molar-refractivity contribution is 5.79. The van der Waals surface area contributed by atoms with Gasteiger partial charge in [-0.2, -0.15) is 0 Å². The predicted octanol–water partition coefficient (Wildman–Crippen LogP) is 3.01. The van der Waals surface area contributed by atoms with Gasteiger partial charge < -0.3 is 0 Å². The van der Waals surface area contributed by atoms with E-state index in [0.29, 0.717) is 5.78 Å². The molecule has 0 amide bonds. The number of carbonyl (C=O) groups excluding carboxylic acids is 1. The van der Waals surface area contributed by atoms with Crippen molar-refractivity contribution < 1.29 is 4.79 Å². The van der Waals surface area contributed by atoms with E-state index in [1.807, 2.05) is 0 Å². The first kappa shape index (κ1) is 12.1. The second-order valence-corrected chi connectivity index (χ2v) is 5.54. The lowest BCUT2D eigenvalue weighted by Gasteiger charge is -2.38. The van der Waals surface area contributed by atoms with Gasteiger partial charge in [0.25, 0.3) is 0 Å². The van der Waals surface area contributed by atoms with Gasteiger partial charge >= 0.3 is 0 Å². The molecule has 0 atom stereocenters. The first-order chi connectivity index (χ1) is 7.79. The number of rotatable bonds is 3. The summed E-state index contributed by atoms with van der Waals surface area (Å²) < 4.78 is 0. The number of nitrogens with zero attached hydrogens (tertiary/aromatic N) is 1. The molecular formula is C14H25NO. The molecule has 0 unspecified atom stereocenters. The summed E-state index contributed by atoms with van der Waals surface area (Å²) in [6.07, 6.45) is 9.95. The van der Waals surface area contributed by atoms with Crippen LogP contribution in [-0.2, 0) is 4.79 Å². The molecule has 1 saturated heterocycles. The van der Waals surface area contributed by atoms with E-state index in [9.17, 15) is 4.79 Å². The number of hydrogen-bond donors (Lipinski definition) is 0. The van der Waals surface area contributed by atoms with Gasteiger partial charge in [-0.1, -0.05) is 19.8 Å². The predicted molar refractivity (Wildman–Crippen MR) is 66.5 cm³/mol. The van der Waals surface area contributed by atoms with Crippen LogP contribution in [0.25, 0.3) is 0 Å². The monoisotopic (exact) mass is 223 g/mol. The third-order valence-corrected chi connectivity index (χ3v) is 4.39. The lowest BCUT2D eigenvalue weighted by atomic mass is 9.82. The Labute approximate surface area is 99.4 Å². The average molecular weight is 223 g/mol. The summed E-state index contributed by atoms with van der Waals surface area (Å²) in [6, 6.07) is 0.793. The van der Waals surface area contributed by atoms with Crippen LogP contribution in [0.4, 0.5) is 0 Å². The minimum absolute atomic E-state index is 0.468. The zero-order valence-electron chi connectivity index (χ0n) is 10.6. The number of likely N-dealkylation sites (tertiary alicyclic amines) is 1. The van der Waals surface area contributed by atoms with Crippen molar-refractivity contribution in [3.8, 4) is 0 Å². The molecule has 0 radical (unpaired) electrons. The van der Waals surface area contributed by atoms with E-state index in [1.54, 1.807) is 0 Å². The molecule has 0 bridgehead atoms. The van der Waals surface area contributed by atoms with Crippen LogP contribution in [0, 0.1) is 5.92 Å². The van der Waals surface area contributed by atoms with Gasteiger partial charge in [-0.25, -0.2) is 0 Å². The van der Waals surface area contributed by atoms with E-state index in [4.69, 9.17) is 0 Å². The summed E-state index contributed by atoms with van der Waals surface area (Å²) in [7, 11) is 0. The molecule has 2 aliphatic rings. The lowest BCUT2D eigenvalue weighted by molar-refractivity contribution is -0.122. The van der Waals surface area contributed by atoms with Crippen LogP contribution in [0.5, 0.6) is 0 Å². The number of carbonyl (C=O) groups is 1. The summed E-state index contributed by atoms with van der Waals surface area (Å²) >= 11 is 0. The minimum atomic E-state index is 0.468. The summed E-state index contributed by atoms with van der Waals surface area (Å²) in [5.41, 5.74) is 0. The Balaban J connectivity index is 1.74. The SMILES string of the molecule is CCCC1CCC(N2CCC(=O)CC2)CC1. The first-order valence-electron chi connectivity index (χ1n) is 7.05. The second kappa shape index (κ2) is 5.81. The molecule has 1 saturated carbocycles. The topological polar surface area (TPSA) is 20.3 Å². The minimum Gasteiger partial charge on any atom is -0.300 e. The third-order valence-electron chi connectivity index (χ3n) is 4.39. The highest BCUT2D eigenvalue weighted by atomic mass is 16.1. The summed E-state index contributed by atoms with van der Waals surface area (Å²) in [5, 5.41) is 0. The average Bonchev–Trinajstić information content (AvgIpc) is 2.32. The van der Waals surface area contributed by atoms with Gasteiger partial charge in [0.15, 0.2) is 0 Å². The zero-order valence-corrected chi connectivity index (χ0v) is 10.6.